The second kappa shape index (κ2) is 5.68. The van der Waals surface area contributed by atoms with E-state index in [4.69, 9.17) is 4.42 Å². The Hall–Kier alpha value is -2.80. The lowest BCUT2D eigenvalue weighted by Crippen LogP contribution is -2.20. The number of para-hydroxylation sites is 1. The van der Waals surface area contributed by atoms with Crippen molar-refractivity contribution in [2.75, 3.05) is 5.32 Å². The van der Waals surface area contributed by atoms with Gasteiger partial charge in [0.1, 0.15) is 11.1 Å². The summed E-state index contributed by atoms with van der Waals surface area (Å²) in [6.45, 7) is 0. The van der Waals surface area contributed by atoms with Crippen molar-refractivity contribution in [2.24, 2.45) is 0 Å². The lowest BCUT2D eigenvalue weighted by molar-refractivity contribution is 0.0975. The molecule has 3 aromatic rings. The molecule has 1 amide bonds. The first-order valence-electron chi connectivity index (χ1n) is 7.49. The van der Waals surface area contributed by atoms with Crippen molar-refractivity contribution in [1.29, 1.82) is 0 Å². The predicted octanol–water partition coefficient (Wildman–Crippen LogP) is 3.02. The number of carbonyl (C=O) groups is 2. The molecule has 2 heterocycles. The van der Waals surface area contributed by atoms with Crippen molar-refractivity contribution in [1.82, 2.24) is 4.98 Å². The van der Waals surface area contributed by atoms with Gasteiger partial charge in [-0.2, -0.15) is 0 Å². The van der Waals surface area contributed by atoms with Crippen LogP contribution in [0.15, 0.2) is 39.5 Å². The number of thiazole rings is 1. The minimum absolute atomic E-state index is 0.0551. The van der Waals surface area contributed by atoms with E-state index in [0.717, 1.165) is 29.9 Å². The van der Waals surface area contributed by atoms with Crippen LogP contribution in [0.4, 0.5) is 5.13 Å². The molecule has 0 atom stereocenters. The maximum atomic E-state index is 12.4. The van der Waals surface area contributed by atoms with Gasteiger partial charge in [-0.05, 0) is 25.0 Å². The fourth-order valence-electron chi connectivity index (χ4n) is 2.71. The Labute approximate surface area is 140 Å². The molecule has 120 valence electrons. The highest BCUT2D eigenvalue weighted by Crippen LogP contribution is 2.29. The van der Waals surface area contributed by atoms with E-state index in [1.807, 2.05) is 0 Å². The van der Waals surface area contributed by atoms with Gasteiger partial charge in [0.2, 0.25) is 0 Å². The molecule has 1 N–H and O–H groups in total. The van der Waals surface area contributed by atoms with Gasteiger partial charge in [0.05, 0.1) is 10.6 Å². The molecule has 1 aromatic carbocycles. The number of aryl methyl sites for hydroxylation is 1. The van der Waals surface area contributed by atoms with Crippen LogP contribution in [0.25, 0.3) is 11.0 Å². The van der Waals surface area contributed by atoms with Crippen LogP contribution in [0.5, 0.6) is 0 Å². The summed E-state index contributed by atoms with van der Waals surface area (Å²) in [7, 11) is 0. The van der Waals surface area contributed by atoms with Crippen LogP contribution in [0.3, 0.4) is 0 Å². The smallest absolute Gasteiger partial charge is 0.349 e. The van der Waals surface area contributed by atoms with Crippen LogP contribution < -0.4 is 10.9 Å². The van der Waals surface area contributed by atoms with E-state index in [-0.39, 0.29) is 11.3 Å². The number of ketones is 1. The monoisotopic (exact) mass is 340 g/mol. The molecule has 24 heavy (non-hydrogen) atoms. The molecule has 0 fully saturated rings. The molecule has 2 aromatic heterocycles. The Kier molecular flexibility index (Phi) is 3.50. The van der Waals surface area contributed by atoms with Crippen molar-refractivity contribution in [3.05, 3.63) is 56.9 Å². The third kappa shape index (κ3) is 2.52. The van der Waals surface area contributed by atoms with Crippen molar-refractivity contribution < 1.29 is 14.0 Å². The summed E-state index contributed by atoms with van der Waals surface area (Å²) in [5.74, 6) is -0.535. The van der Waals surface area contributed by atoms with Gasteiger partial charge in [-0.15, -0.1) is 0 Å². The van der Waals surface area contributed by atoms with E-state index in [1.54, 1.807) is 24.3 Å². The average Bonchev–Trinajstić information content (AvgIpc) is 2.98. The molecule has 0 saturated carbocycles. The molecule has 0 bridgehead atoms. The van der Waals surface area contributed by atoms with E-state index in [9.17, 15) is 14.4 Å². The SMILES string of the molecule is O=C1CCCc2nc(NC(=O)c3cc4ccccc4oc3=O)sc21. The fraction of sp³-hybridized carbons (Fsp3) is 0.176. The van der Waals surface area contributed by atoms with E-state index in [0.29, 0.717) is 27.4 Å². The molecule has 1 aliphatic rings. The van der Waals surface area contributed by atoms with Crippen molar-refractivity contribution in [3.8, 4) is 0 Å². The van der Waals surface area contributed by atoms with Crippen LogP contribution in [-0.2, 0) is 6.42 Å². The second-order valence-electron chi connectivity index (χ2n) is 5.51. The molecular formula is C17H12N2O4S. The quantitative estimate of drug-likeness (QED) is 0.724. The highest BCUT2D eigenvalue weighted by Gasteiger charge is 2.23. The third-order valence-electron chi connectivity index (χ3n) is 3.87. The summed E-state index contributed by atoms with van der Waals surface area (Å²) in [6, 6.07) is 8.47. The Morgan fingerprint density at radius 1 is 1.21 bits per heavy atom. The zero-order valence-electron chi connectivity index (χ0n) is 12.5. The summed E-state index contributed by atoms with van der Waals surface area (Å²) >= 11 is 1.15. The number of rotatable bonds is 2. The molecule has 4 rings (SSSR count). The molecule has 1 aliphatic carbocycles. The molecule has 6 nitrogen and oxygen atoms in total. The number of nitrogens with zero attached hydrogens (tertiary/aromatic N) is 1. The minimum Gasteiger partial charge on any atom is -0.422 e. The number of hydrogen-bond donors (Lipinski definition) is 1. The number of Topliss-reactive ketones (excluding diaryl/α,β-unsaturated/α-hetero) is 1. The first-order chi connectivity index (χ1) is 11.6. The average molecular weight is 340 g/mol. The van der Waals surface area contributed by atoms with Gasteiger partial charge in [-0.25, -0.2) is 9.78 Å². The van der Waals surface area contributed by atoms with Gasteiger partial charge in [0, 0.05) is 11.8 Å². The highest BCUT2D eigenvalue weighted by molar-refractivity contribution is 7.17. The number of hydrogen-bond acceptors (Lipinski definition) is 6. The number of amides is 1. The van der Waals surface area contributed by atoms with Gasteiger partial charge in [0.15, 0.2) is 10.9 Å². The van der Waals surface area contributed by atoms with Crippen molar-refractivity contribution in [2.45, 2.75) is 19.3 Å². The van der Waals surface area contributed by atoms with Crippen LogP contribution in [-0.4, -0.2) is 16.7 Å². The lowest BCUT2D eigenvalue weighted by Gasteiger charge is -2.05. The summed E-state index contributed by atoms with van der Waals surface area (Å²) < 4.78 is 5.16. The highest BCUT2D eigenvalue weighted by atomic mass is 32.1. The minimum atomic E-state index is -0.705. The topological polar surface area (TPSA) is 89.3 Å². The summed E-state index contributed by atoms with van der Waals surface area (Å²) in [6.07, 6.45) is 2.01. The first-order valence-corrected chi connectivity index (χ1v) is 8.30. The lowest BCUT2D eigenvalue weighted by atomic mass is 10.0. The van der Waals surface area contributed by atoms with Crippen molar-refractivity contribution >= 4 is 39.1 Å². The molecule has 0 radical (unpaired) electrons. The summed E-state index contributed by atoms with van der Waals surface area (Å²) in [5, 5.41) is 3.59. The Morgan fingerprint density at radius 3 is 2.88 bits per heavy atom. The van der Waals surface area contributed by atoms with E-state index < -0.39 is 11.5 Å². The maximum Gasteiger partial charge on any atom is 0.349 e. The number of aromatic nitrogens is 1. The van der Waals surface area contributed by atoms with Gasteiger partial charge >= 0.3 is 5.63 Å². The van der Waals surface area contributed by atoms with Crippen molar-refractivity contribution in [3.63, 3.8) is 0 Å². The number of benzene rings is 1. The maximum absolute atomic E-state index is 12.4. The number of nitrogens with one attached hydrogen (secondary N) is 1. The fourth-order valence-corrected chi connectivity index (χ4v) is 3.68. The van der Waals surface area contributed by atoms with Gasteiger partial charge < -0.3 is 4.42 Å². The normalized spacial score (nSPS) is 13.8. The molecular weight excluding hydrogens is 328 g/mol. The molecule has 0 unspecified atom stereocenters. The van der Waals surface area contributed by atoms with Crippen LogP contribution in [0.1, 0.15) is 38.6 Å². The number of carbonyl (C=O) groups excluding carboxylic acids is 2. The Morgan fingerprint density at radius 2 is 2.04 bits per heavy atom. The Bertz CT molecular complexity index is 1030. The van der Waals surface area contributed by atoms with E-state index in [2.05, 4.69) is 10.3 Å². The van der Waals surface area contributed by atoms with Gasteiger partial charge in [-0.1, -0.05) is 29.5 Å². The molecule has 0 spiro atoms. The van der Waals surface area contributed by atoms with Gasteiger partial charge in [0.25, 0.3) is 5.91 Å². The third-order valence-corrected chi connectivity index (χ3v) is 4.93. The van der Waals surface area contributed by atoms with E-state index >= 15 is 0 Å². The van der Waals surface area contributed by atoms with Crippen LogP contribution in [0.2, 0.25) is 0 Å². The second-order valence-corrected chi connectivity index (χ2v) is 6.51. The predicted molar refractivity (Wildman–Crippen MR) is 89.8 cm³/mol. The van der Waals surface area contributed by atoms with E-state index in [1.165, 1.54) is 6.07 Å². The van der Waals surface area contributed by atoms with Crippen LogP contribution in [0, 0.1) is 0 Å². The zero-order chi connectivity index (χ0) is 16.7. The number of fused-ring (bicyclic) bond motifs is 2. The Balaban J connectivity index is 1.66. The molecule has 0 aliphatic heterocycles. The largest absolute Gasteiger partial charge is 0.422 e. The summed E-state index contributed by atoms with van der Waals surface area (Å²) in [5.41, 5.74) is 0.350. The zero-order valence-corrected chi connectivity index (χ0v) is 13.3. The molecule has 0 saturated heterocycles. The first kappa shape index (κ1) is 14.8. The number of anilines is 1. The standard InChI is InChI=1S/C17H12N2O4S/c20-12-6-3-5-11-14(12)24-17(18-11)19-15(21)10-8-9-4-1-2-7-13(9)23-16(10)22/h1-2,4,7-8H,3,5-6H2,(H,18,19,21). The van der Waals surface area contributed by atoms with Gasteiger partial charge in [-0.3, -0.25) is 14.9 Å². The van der Waals surface area contributed by atoms with Crippen LogP contribution >= 0.6 is 11.3 Å². The molecule has 7 heteroatoms. The summed E-state index contributed by atoms with van der Waals surface area (Å²) in [4.78, 5) is 41.1.